The van der Waals surface area contributed by atoms with Crippen molar-refractivity contribution in [2.45, 2.75) is 65.2 Å². The van der Waals surface area contributed by atoms with Crippen molar-refractivity contribution < 1.29 is 4.79 Å². The van der Waals surface area contributed by atoms with Gasteiger partial charge in [0.2, 0.25) is 0 Å². The van der Waals surface area contributed by atoms with Crippen molar-refractivity contribution in [2.24, 2.45) is 4.99 Å². The Bertz CT molecular complexity index is 1660. The second-order valence-corrected chi connectivity index (χ2v) is 11.5. The molecule has 3 aromatic rings. The Morgan fingerprint density at radius 2 is 2.07 bits per heavy atom. The molecule has 0 bridgehead atoms. The van der Waals surface area contributed by atoms with Crippen LogP contribution in [0.25, 0.3) is 5.57 Å². The van der Waals surface area contributed by atoms with E-state index >= 15 is 0 Å². The zero-order valence-corrected chi connectivity index (χ0v) is 26.1. The molecule has 1 aliphatic heterocycles. The predicted molar refractivity (Wildman–Crippen MR) is 179 cm³/mol. The summed E-state index contributed by atoms with van der Waals surface area (Å²) in [6.45, 7) is 9.51. The van der Waals surface area contributed by atoms with Gasteiger partial charge in [-0.05, 0) is 61.4 Å². The number of allylic oxidation sites excluding steroid dienone is 6. The number of rotatable bonds is 11. The maximum atomic E-state index is 13.1. The normalized spacial score (nSPS) is 17.0. The fourth-order valence-electron chi connectivity index (χ4n) is 5.86. The number of nitrogens with zero attached hydrogens (tertiary/aromatic N) is 4. The van der Waals surface area contributed by atoms with E-state index in [2.05, 4.69) is 45.0 Å². The third-order valence-corrected chi connectivity index (χ3v) is 8.24. The molecule has 2 N–H and O–H groups in total. The number of aromatic amines is 1. The fourth-order valence-corrected chi connectivity index (χ4v) is 6.17. The van der Waals surface area contributed by atoms with Gasteiger partial charge in [-0.3, -0.25) is 19.7 Å². The highest BCUT2D eigenvalue weighted by Gasteiger charge is 2.28. The van der Waals surface area contributed by atoms with Gasteiger partial charge in [0.15, 0.2) is 0 Å². The van der Waals surface area contributed by atoms with Gasteiger partial charge >= 0.3 is 0 Å². The lowest BCUT2D eigenvalue weighted by Crippen LogP contribution is -2.32. The summed E-state index contributed by atoms with van der Waals surface area (Å²) in [5.74, 6) is 0.703. The van der Waals surface area contributed by atoms with Crippen molar-refractivity contribution in [1.29, 1.82) is 0 Å². The molecule has 2 aromatic heterocycles. The highest BCUT2D eigenvalue weighted by molar-refractivity contribution is 6.35. The summed E-state index contributed by atoms with van der Waals surface area (Å²) in [6.07, 6.45) is 18.7. The number of imidazole rings is 1. The Labute approximate surface area is 264 Å². The maximum absolute atomic E-state index is 13.1. The Kier molecular flexibility index (Phi) is 10.5. The number of carbonyl (C=O) groups is 1. The number of aromatic nitrogens is 3. The molecule has 1 aliphatic carbocycles. The number of benzene rings is 1. The number of halogens is 1. The average Bonchev–Trinajstić information content (AvgIpc) is 3.43. The first-order valence-electron chi connectivity index (χ1n) is 15.1. The minimum absolute atomic E-state index is 0.164. The van der Waals surface area contributed by atoms with E-state index < -0.39 is 0 Å². The van der Waals surface area contributed by atoms with Crippen LogP contribution in [0.5, 0.6) is 0 Å². The topological polar surface area (TPSA) is 86.3 Å². The van der Waals surface area contributed by atoms with Crippen LogP contribution in [0.15, 0.2) is 107 Å². The van der Waals surface area contributed by atoms with Gasteiger partial charge in [-0.25, -0.2) is 4.98 Å². The molecule has 7 nitrogen and oxygen atoms in total. The summed E-state index contributed by atoms with van der Waals surface area (Å²) < 4.78 is 0. The van der Waals surface area contributed by atoms with Crippen LogP contribution in [-0.2, 0) is 30.8 Å². The molecule has 5 rings (SSSR count). The first-order chi connectivity index (χ1) is 21.5. The Morgan fingerprint density at radius 1 is 1.20 bits per heavy atom. The molecule has 1 unspecified atom stereocenters. The quantitative estimate of drug-likeness (QED) is 0.221. The number of carbonyl (C=O) groups excluding carboxylic acids is 1. The number of aliphatic imine (C=N–C) groups is 1. The molecule has 1 amide bonds. The summed E-state index contributed by atoms with van der Waals surface area (Å²) in [5.41, 5.74) is 8.02. The van der Waals surface area contributed by atoms with Crippen LogP contribution in [0.1, 0.15) is 73.1 Å². The lowest BCUT2D eigenvalue weighted by molar-refractivity contribution is -0.117. The first kappa shape index (κ1) is 31.1. The molecular formula is C36H39ClN6O. The average molecular weight is 607 g/mol. The number of fused-ring (bicyclic) bond motifs is 1. The van der Waals surface area contributed by atoms with E-state index in [0.717, 1.165) is 58.7 Å². The smallest absolute Gasteiger partial charge is 0.253 e. The lowest BCUT2D eigenvalue weighted by atomic mass is 9.90. The maximum Gasteiger partial charge on any atom is 0.253 e. The molecule has 0 saturated carbocycles. The van der Waals surface area contributed by atoms with Gasteiger partial charge in [0.05, 0.1) is 40.8 Å². The SMILES string of the molecule is C=C/C=C(\C=C/C)c1cnc(CN(Cc2cccc(CNC(=O)C3=C(C)CC=NC=C3Cl)c2)C2CCCc3cccnc32)[nH]1. The molecule has 8 heteroatoms. The van der Waals surface area contributed by atoms with Gasteiger partial charge in [-0.2, -0.15) is 0 Å². The highest BCUT2D eigenvalue weighted by Crippen LogP contribution is 2.35. The van der Waals surface area contributed by atoms with Crippen molar-refractivity contribution in [3.8, 4) is 0 Å². The van der Waals surface area contributed by atoms with Crippen LogP contribution in [0.4, 0.5) is 0 Å². The number of hydrogen-bond donors (Lipinski definition) is 2. The number of hydrogen-bond acceptors (Lipinski definition) is 5. The molecule has 226 valence electrons. The van der Waals surface area contributed by atoms with Gasteiger partial charge in [0.25, 0.3) is 5.91 Å². The summed E-state index contributed by atoms with van der Waals surface area (Å²) in [7, 11) is 0. The van der Waals surface area contributed by atoms with Crippen molar-refractivity contribution in [3.63, 3.8) is 0 Å². The van der Waals surface area contributed by atoms with Gasteiger partial charge in [-0.1, -0.05) is 78.4 Å². The zero-order valence-electron chi connectivity index (χ0n) is 25.4. The van der Waals surface area contributed by atoms with Gasteiger partial charge in [-0.15, -0.1) is 0 Å². The van der Waals surface area contributed by atoms with Gasteiger partial charge < -0.3 is 10.3 Å². The van der Waals surface area contributed by atoms with Crippen molar-refractivity contribution in [1.82, 2.24) is 25.2 Å². The van der Waals surface area contributed by atoms with E-state index in [1.165, 1.54) is 11.8 Å². The summed E-state index contributed by atoms with van der Waals surface area (Å²) >= 11 is 6.37. The van der Waals surface area contributed by atoms with Crippen molar-refractivity contribution >= 4 is 29.3 Å². The molecule has 1 atom stereocenters. The Morgan fingerprint density at radius 3 is 2.91 bits per heavy atom. The molecule has 3 heterocycles. The van der Waals surface area contributed by atoms with Crippen LogP contribution in [0.2, 0.25) is 0 Å². The second-order valence-electron chi connectivity index (χ2n) is 11.1. The highest BCUT2D eigenvalue weighted by atomic mass is 35.5. The van der Waals surface area contributed by atoms with E-state index in [-0.39, 0.29) is 11.9 Å². The third kappa shape index (κ3) is 7.59. The number of pyridine rings is 1. The van der Waals surface area contributed by atoms with Gasteiger partial charge in [0, 0.05) is 38.1 Å². The largest absolute Gasteiger partial charge is 0.348 e. The lowest BCUT2D eigenvalue weighted by Gasteiger charge is -2.34. The molecule has 0 saturated heterocycles. The first-order valence-corrected chi connectivity index (χ1v) is 15.5. The summed E-state index contributed by atoms with van der Waals surface area (Å²) in [4.78, 5) is 32.8. The van der Waals surface area contributed by atoms with Crippen LogP contribution in [0.3, 0.4) is 0 Å². The van der Waals surface area contributed by atoms with Gasteiger partial charge in [0.1, 0.15) is 5.82 Å². The second kappa shape index (κ2) is 14.9. The summed E-state index contributed by atoms with van der Waals surface area (Å²) in [6, 6.07) is 12.8. The molecule has 0 fully saturated rings. The Hall–Kier alpha value is -4.33. The number of amides is 1. The monoisotopic (exact) mass is 606 g/mol. The van der Waals surface area contributed by atoms with E-state index in [9.17, 15) is 4.79 Å². The molecule has 2 aliphatic rings. The van der Waals surface area contributed by atoms with Crippen LogP contribution >= 0.6 is 11.6 Å². The molecule has 0 radical (unpaired) electrons. The number of H-pyrrole nitrogens is 1. The van der Waals surface area contributed by atoms with Crippen molar-refractivity contribution in [2.75, 3.05) is 0 Å². The number of nitrogens with one attached hydrogen (secondary N) is 2. The standard InChI is InChI=1S/C36H39ClN6O/c1-4-9-28(10-5-2)31-22-40-33(42-31)24-43(32-15-7-13-29-14-8-17-39-35(29)32)23-27-12-6-11-26(19-27)20-41-36(44)34-25(3)16-18-38-21-30(34)37/h4-6,8-12,14,17-19,21-22,32H,1,7,13,15-16,20,23-24H2,2-3H3,(H,40,42)(H,41,44)/b10-5-,28-9+. The van der Waals surface area contributed by atoms with Crippen LogP contribution < -0.4 is 5.32 Å². The zero-order chi connectivity index (χ0) is 30.9. The third-order valence-electron chi connectivity index (χ3n) is 7.96. The van der Waals surface area contributed by atoms with Crippen LogP contribution in [-0.4, -0.2) is 32.0 Å². The van der Waals surface area contributed by atoms with Crippen molar-refractivity contribution in [3.05, 3.63) is 136 Å². The molecule has 44 heavy (non-hydrogen) atoms. The minimum Gasteiger partial charge on any atom is -0.348 e. The molecule has 1 aromatic carbocycles. The Balaban J connectivity index is 1.37. The van der Waals surface area contributed by atoms with Crippen LogP contribution in [0, 0.1) is 0 Å². The molecule has 0 spiro atoms. The fraction of sp³-hybridized carbons (Fsp3) is 0.278. The predicted octanol–water partition coefficient (Wildman–Crippen LogP) is 7.52. The minimum atomic E-state index is -0.192. The molecular weight excluding hydrogens is 568 g/mol. The van der Waals surface area contributed by atoms with E-state index in [1.807, 2.05) is 62.7 Å². The summed E-state index contributed by atoms with van der Waals surface area (Å²) in [5, 5.41) is 3.41. The van der Waals surface area contributed by atoms with E-state index in [1.54, 1.807) is 12.3 Å². The van der Waals surface area contributed by atoms with E-state index in [4.69, 9.17) is 21.6 Å². The number of aryl methyl sites for hydroxylation is 1. The van der Waals surface area contributed by atoms with E-state index in [0.29, 0.717) is 36.7 Å².